The van der Waals surface area contributed by atoms with Crippen molar-refractivity contribution in [3.63, 3.8) is 0 Å². The van der Waals surface area contributed by atoms with Gasteiger partial charge in [-0.2, -0.15) is 13.2 Å². The zero-order valence-corrected chi connectivity index (χ0v) is 7.38. The number of rotatable bonds is 2. The fourth-order valence-corrected chi connectivity index (χ4v) is 1.10. The summed E-state index contributed by atoms with van der Waals surface area (Å²) in [6.45, 7) is 0. The van der Waals surface area contributed by atoms with Gasteiger partial charge in [0.1, 0.15) is 11.3 Å². The van der Waals surface area contributed by atoms with Gasteiger partial charge in [-0.25, -0.2) is 4.79 Å². The third kappa shape index (κ3) is 3.16. The van der Waals surface area contributed by atoms with E-state index in [9.17, 15) is 18.0 Å². The maximum atomic E-state index is 11.9. The molecule has 1 aromatic rings. The summed E-state index contributed by atoms with van der Waals surface area (Å²) in [7, 11) is 0. The summed E-state index contributed by atoms with van der Waals surface area (Å²) in [5.41, 5.74) is -0.592. The number of hydrogen-bond donors (Lipinski definition) is 2. The Morgan fingerprint density at radius 3 is 2.33 bits per heavy atom. The number of aromatic carboxylic acids is 1. The Labute approximate surface area is 82.8 Å². The number of carbonyl (C=O) groups is 1. The van der Waals surface area contributed by atoms with Crippen LogP contribution >= 0.6 is 0 Å². The molecule has 0 fully saturated rings. The summed E-state index contributed by atoms with van der Waals surface area (Å²) in [4.78, 5) is 10.4. The van der Waals surface area contributed by atoms with Gasteiger partial charge in [0.25, 0.3) is 0 Å². The quantitative estimate of drug-likeness (QED) is 0.803. The SMILES string of the molecule is O=C(O)c1ccc(CC(F)(F)F)cc1O. The zero-order valence-electron chi connectivity index (χ0n) is 7.38. The molecular weight excluding hydrogens is 213 g/mol. The van der Waals surface area contributed by atoms with E-state index in [0.29, 0.717) is 0 Å². The molecule has 0 saturated heterocycles. The number of halogens is 3. The fourth-order valence-electron chi connectivity index (χ4n) is 1.10. The standard InChI is InChI=1S/C9H7F3O3/c10-9(11,12)4-5-1-2-6(8(14)15)7(13)3-5/h1-3,13H,4H2,(H,14,15). The summed E-state index contributed by atoms with van der Waals surface area (Å²) in [5.74, 6) is -2.05. The lowest BCUT2D eigenvalue weighted by Crippen LogP contribution is -2.11. The van der Waals surface area contributed by atoms with E-state index in [1.165, 1.54) is 0 Å². The molecule has 82 valence electrons. The van der Waals surface area contributed by atoms with Gasteiger partial charge in [0, 0.05) is 0 Å². The highest BCUT2D eigenvalue weighted by Gasteiger charge is 2.28. The van der Waals surface area contributed by atoms with Crippen LogP contribution in [0, 0.1) is 0 Å². The first-order valence-electron chi connectivity index (χ1n) is 3.91. The highest BCUT2D eigenvalue weighted by atomic mass is 19.4. The van der Waals surface area contributed by atoms with Crippen molar-refractivity contribution in [2.24, 2.45) is 0 Å². The van der Waals surface area contributed by atoms with Gasteiger partial charge in [-0.15, -0.1) is 0 Å². The molecule has 0 aliphatic carbocycles. The Bertz CT molecular complexity index is 385. The lowest BCUT2D eigenvalue weighted by atomic mass is 10.1. The van der Waals surface area contributed by atoms with Crippen molar-refractivity contribution in [2.45, 2.75) is 12.6 Å². The van der Waals surface area contributed by atoms with E-state index in [4.69, 9.17) is 10.2 Å². The predicted octanol–water partition coefficient (Wildman–Crippen LogP) is 2.20. The molecule has 1 aromatic carbocycles. The number of phenols is 1. The molecule has 0 saturated carbocycles. The third-order valence-corrected chi connectivity index (χ3v) is 1.70. The van der Waals surface area contributed by atoms with Crippen molar-refractivity contribution >= 4 is 5.97 Å². The van der Waals surface area contributed by atoms with Crippen LogP contribution in [0.3, 0.4) is 0 Å². The lowest BCUT2D eigenvalue weighted by molar-refractivity contribution is -0.127. The molecule has 0 heterocycles. The van der Waals surface area contributed by atoms with E-state index in [-0.39, 0.29) is 5.56 Å². The average molecular weight is 220 g/mol. The van der Waals surface area contributed by atoms with Crippen LogP contribution in [0.15, 0.2) is 18.2 Å². The van der Waals surface area contributed by atoms with Gasteiger partial charge < -0.3 is 10.2 Å². The molecule has 1 rings (SSSR count). The summed E-state index contributed by atoms with van der Waals surface area (Å²) >= 11 is 0. The first kappa shape index (κ1) is 11.4. The van der Waals surface area contributed by atoms with Crippen LogP contribution < -0.4 is 0 Å². The number of carboxylic acid groups (broad SMARTS) is 1. The lowest BCUT2D eigenvalue weighted by Gasteiger charge is -2.07. The van der Waals surface area contributed by atoms with Gasteiger partial charge in [-0.3, -0.25) is 0 Å². The third-order valence-electron chi connectivity index (χ3n) is 1.70. The number of hydrogen-bond acceptors (Lipinski definition) is 2. The van der Waals surface area contributed by atoms with Crippen molar-refractivity contribution in [2.75, 3.05) is 0 Å². The van der Waals surface area contributed by atoms with Crippen LogP contribution in [-0.2, 0) is 6.42 Å². The average Bonchev–Trinajstić information content (AvgIpc) is 1.99. The molecule has 0 atom stereocenters. The normalized spacial score (nSPS) is 11.4. The topological polar surface area (TPSA) is 57.5 Å². The highest BCUT2D eigenvalue weighted by Crippen LogP contribution is 2.25. The van der Waals surface area contributed by atoms with Crippen molar-refractivity contribution < 1.29 is 28.2 Å². The number of benzene rings is 1. The van der Waals surface area contributed by atoms with Gasteiger partial charge >= 0.3 is 12.1 Å². The Hall–Kier alpha value is -1.72. The van der Waals surface area contributed by atoms with Crippen LogP contribution in [0.2, 0.25) is 0 Å². The van der Waals surface area contributed by atoms with Gasteiger partial charge in [0.2, 0.25) is 0 Å². The van der Waals surface area contributed by atoms with Crippen molar-refractivity contribution in [3.8, 4) is 5.75 Å². The van der Waals surface area contributed by atoms with Crippen LogP contribution in [0.25, 0.3) is 0 Å². The molecule has 15 heavy (non-hydrogen) atoms. The minimum Gasteiger partial charge on any atom is -0.507 e. The second-order valence-electron chi connectivity index (χ2n) is 2.95. The van der Waals surface area contributed by atoms with E-state index in [2.05, 4.69) is 0 Å². The molecule has 0 radical (unpaired) electrons. The minimum absolute atomic E-state index is 0.176. The van der Waals surface area contributed by atoms with Crippen molar-refractivity contribution in [1.29, 1.82) is 0 Å². The highest BCUT2D eigenvalue weighted by molar-refractivity contribution is 5.90. The summed E-state index contributed by atoms with van der Waals surface area (Å²) in [6.07, 6.45) is -5.57. The molecule has 0 amide bonds. The first-order chi connectivity index (χ1) is 6.79. The maximum absolute atomic E-state index is 11.9. The van der Waals surface area contributed by atoms with Gasteiger partial charge in [-0.05, 0) is 17.7 Å². The van der Waals surface area contributed by atoms with Gasteiger partial charge in [-0.1, -0.05) is 6.07 Å². The smallest absolute Gasteiger partial charge is 0.393 e. The molecule has 0 aliphatic rings. The van der Waals surface area contributed by atoms with Crippen LogP contribution in [0.5, 0.6) is 5.75 Å². The maximum Gasteiger partial charge on any atom is 0.393 e. The van der Waals surface area contributed by atoms with Crippen molar-refractivity contribution in [1.82, 2.24) is 0 Å². The molecule has 3 nitrogen and oxygen atoms in total. The summed E-state index contributed by atoms with van der Waals surface area (Å²) in [6, 6.07) is 2.77. The molecule has 0 unspecified atom stereocenters. The second-order valence-corrected chi connectivity index (χ2v) is 2.95. The van der Waals surface area contributed by atoms with Crippen LogP contribution in [-0.4, -0.2) is 22.4 Å². The van der Waals surface area contributed by atoms with Crippen molar-refractivity contribution in [3.05, 3.63) is 29.3 Å². The summed E-state index contributed by atoms with van der Waals surface area (Å²) in [5, 5.41) is 17.6. The predicted molar refractivity (Wildman–Crippen MR) is 44.8 cm³/mol. The van der Waals surface area contributed by atoms with Crippen LogP contribution in [0.1, 0.15) is 15.9 Å². The molecule has 0 aromatic heterocycles. The Balaban J connectivity index is 2.97. The number of alkyl halides is 3. The van der Waals surface area contributed by atoms with E-state index in [1.807, 2.05) is 0 Å². The van der Waals surface area contributed by atoms with E-state index < -0.39 is 29.9 Å². The minimum atomic E-state index is -4.38. The molecular formula is C9H7F3O3. The first-order valence-corrected chi connectivity index (χ1v) is 3.91. The molecule has 0 bridgehead atoms. The number of carboxylic acids is 1. The molecule has 0 aliphatic heterocycles. The van der Waals surface area contributed by atoms with E-state index >= 15 is 0 Å². The number of aromatic hydroxyl groups is 1. The Kier molecular flexibility index (Phi) is 2.88. The largest absolute Gasteiger partial charge is 0.507 e. The Morgan fingerprint density at radius 2 is 1.93 bits per heavy atom. The zero-order chi connectivity index (χ0) is 11.6. The summed E-state index contributed by atoms with van der Waals surface area (Å²) < 4.78 is 35.8. The molecule has 0 spiro atoms. The fraction of sp³-hybridized carbons (Fsp3) is 0.222. The van der Waals surface area contributed by atoms with E-state index in [1.54, 1.807) is 0 Å². The Morgan fingerprint density at radius 1 is 1.33 bits per heavy atom. The molecule has 6 heteroatoms. The van der Waals surface area contributed by atoms with Gasteiger partial charge in [0.05, 0.1) is 6.42 Å². The van der Waals surface area contributed by atoms with Gasteiger partial charge in [0.15, 0.2) is 0 Å². The second kappa shape index (κ2) is 3.80. The monoisotopic (exact) mass is 220 g/mol. The van der Waals surface area contributed by atoms with Crippen LogP contribution in [0.4, 0.5) is 13.2 Å². The van der Waals surface area contributed by atoms with E-state index in [0.717, 1.165) is 18.2 Å². The molecule has 2 N–H and O–H groups in total.